The highest BCUT2D eigenvalue weighted by Gasteiger charge is 2.37. The Kier molecular flexibility index (Phi) is 41.3. The summed E-state index contributed by atoms with van der Waals surface area (Å²) >= 11 is 16.3. The van der Waals surface area contributed by atoms with Crippen LogP contribution >= 0.6 is 203 Å². The van der Waals surface area contributed by atoms with E-state index in [9.17, 15) is 99.3 Å². The van der Waals surface area contributed by atoms with E-state index in [1.807, 2.05) is 67.8 Å². The van der Waals surface area contributed by atoms with Crippen molar-refractivity contribution in [3.8, 4) is 0 Å². The number of anilines is 3. The summed E-state index contributed by atoms with van der Waals surface area (Å²) < 4.78 is 6.55. The molecule has 6 atom stereocenters. The second-order valence-corrected chi connectivity index (χ2v) is 29.5. The zero-order valence-electron chi connectivity index (χ0n) is 49.8. The van der Waals surface area contributed by atoms with Crippen LogP contribution in [0.15, 0.2) is 0 Å². The van der Waals surface area contributed by atoms with E-state index in [0.29, 0.717) is 10.7 Å². The first-order valence-electron chi connectivity index (χ1n) is 27.0. The lowest BCUT2D eigenvalue weighted by atomic mass is 10.1. The zero-order valence-corrected chi connectivity index (χ0v) is 69.2. The summed E-state index contributed by atoms with van der Waals surface area (Å²) in [6.45, 7) is -4.77. The fourth-order valence-corrected chi connectivity index (χ4v) is 21.6. The van der Waals surface area contributed by atoms with Gasteiger partial charge in [-0.15, -0.1) is 0 Å². The number of benzene rings is 3. The second kappa shape index (κ2) is 43.6. The van der Waals surface area contributed by atoms with E-state index in [0.717, 1.165) is 23.6 Å². The van der Waals surface area contributed by atoms with E-state index in [4.69, 9.17) is 14.9 Å². The van der Waals surface area contributed by atoms with E-state index in [1.54, 1.807) is 136 Å². The van der Waals surface area contributed by atoms with Gasteiger partial charge in [0, 0.05) is 78.0 Å². The average molecular weight is 2340 g/mol. The Hall–Kier alpha value is -1.10. The number of aliphatic hydroxyl groups is 13. The van der Waals surface area contributed by atoms with Crippen molar-refractivity contribution < 1.29 is 114 Å². The summed E-state index contributed by atoms with van der Waals surface area (Å²) in [5.41, 5.74) is -0.0532. The number of rotatable bonds is 33. The van der Waals surface area contributed by atoms with Gasteiger partial charge in [0.15, 0.2) is 0 Å². The topological polar surface area (TPSA) is 508 Å². The van der Waals surface area contributed by atoms with Gasteiger partial charge >= 0.3 is 0 Å². The van der Waals surface area contributed by atoms with E-state index >= 15 is 0 Å². The van der Waals surface area contributed by atoms with Crippen molar-refractivity contribution in [2.24, 2.45) is 0 Å². The molecule has 0 aliphatic rings. The minimum Gasteiger partial charge on any atom is -0.394 e. The number of nitrogens with one attached hydrogen (secondary N) is 6. The Bertz CT molecular complexity index is 2990. The van der Waals surface area contributed by atoms with Gasteiger partial charge in [-0.3, -0.25) is 43.2 Å². The minimum atomic E-state index is -1.62. The normalized spacial score (nSPS) is 13.3. The van der Waals surface area contributed by atoms with E-state index in [2.05, 4.69) is 31.9 Å². The summed E-state index contributed by atoms with van der Waals surface area (Å²) in [5.74, 6) is -6.24. The molecule has 0 aliphatic carbocycles. The largest absolute Gasteiger partial charge is 0.394 e. The highest BCUT2D eigenvalue weighted by atomic mass is 127. The Morgan fingerprint density at radius 2 is 0.638 bits per heavy atom. The lowest BCUT2D eigenvalue weighted by Gasteiger charge is -2.32. The van der Waals surface area contributed by atoms with Gasteiger partial charge in [0.25, 0.3) is 35.4 Å². The average Bonchev–Trinajstić information content (AvgIpc) is 0.774. The molecule has 9 amide bonds. The van der Waals surface area contributed by atoms with Crippen molar-refractivity contribution in [2.75, 3.05) is 128 Å². The van der Waals surface area contributed by atoms with Gasteiger partial charge in [-0.05, 0) is 203 Å². The summed E-state index contributed by atoms with van der Waals surface area (Å²) in [6, 6.07) is 0. The third-order valence-electron chi connectivity index (χ3n) is 12.5. The highest BCUT2D eigenvalue weighted by molar-refractivity contribution is 14.1. The molecule has 526 valence electrons. The maximum Gasteiger partial charge on any atom is 0.255 e. The molecule has 0 saturated carbocycles. The first kappa shape index (κ1) is 89.0. The summed E-state index contributed by atoms with van der Waals surface area (Å²) in [4.78, 5) is 123. The van der Waals surface area contributed by atoms with Crippen LogP contribution < -0.4 is 41.7 Å². The van der Waals surface area contributed by atoms with Crippen molar-refractivity contribution in [2.45, 2.75) is 56.6 Å². The molecule has 94 heavy (non-hydrogen) atoms. The fraction of sp³-hybridized carbons (Fsp3) is 0.491. The molecule has 41 heteroatoms. The Labute approximate surface area is 660 Å². The highest BCUT2D eigenvalue weighted by Crippen LogP contribution is 2.41. The number of likely N-dealkylation sites (N-methyl/N-ethyl adjacent to an activating group) is 1. The number of halogens is 9. The van der Waals surface area contributed by atoms with Gasteiger partial charge < -0.3 is 118 Å². The second-order valence-electron chi connectivity index (χ2n) is 19.8. The fourth-order valence-electron chi connectivity index (χ4n) is 7.74. The lowest BCUT2D eigenvalue weighted by molar-refractivity contribution is -0.120. The number of amides is 9. The van der Waals surface area contributed by atoms with Crippen LogP contribution in [0.3, 0.4) is 0 Å². The number of hydrogen-bond acceptors (Lipinski definition) is 23. The smallest absolute Gasteiger partial charge is 0.255 e. The first-order chi connectivity index (χ1) is 44.0. The van der Waals surface area contributed by atoms with Crippen LogP contribution in [0.5, 0.6) is 0 Å². The van der Waals surface area contributed by atoms with E-state index in [1.165, 1.54) is 19.1 Å². The van der Waals surface area contributed by atoms with Crippen molar-refractivity contribution in [3.63, 3.8) is 0 Å². The Balaban J connectivity index is 0.000000787. The number of hydrogen-bond donors (Lipinski definition) is 19. The molecule has 3 aromatic carbocycles. The van der Waals surface area contributed by atoms with Crippen molar-refractivity contribution in [1.29, 1.82) is 0 Å². The SMILES string of the molecule is CC(=O)N(CC(O)CN(C(C)=O)c1c(I)c(C(=O)NCC(O)CO)c(I)c(C(=O)NCC(O)CO)c1I)c1c(I)c(C(=O)NCC(O)CO)c(I)c(C(=O)NCC(O)CO)c1I.COCC(=O)Nc1c(I)c(C(=O)NCC(O)CO)c(I)c(C(=O)N(C)CC(O)CO)c1I. The summed E-state index contributed by atoms with van der Waals surface area (Å²) in [7, 11) is 2.79. The van der Waals surface area contributed by atoms with Gasteiger partial charge in [-0.1, -0.05) is 0 Å². The number of carbonyl (C=O) groups excluding carboxylic acids is 9. The molecule has 3 aromatic rings. The van der Waals surface area contributed by atoms with Crippen molar-refractivity contribution in [1.82, 2.24) is 31.5 Å². The molecule has 6 unspecified atom stereocenters. The quantitative estimate of drug-likeness (QED) is 0.0293. The Morgan fingerprint density at radius 1 is 0.383 bits per heavy atom. The Morgan fingerprint density at radius 3 is 0.894 bits per heavy atom. The van der Waals surface area contributed by atoms with Crippen LogP contribution in [0.1, 0.15) is 76.0 Å². The molecule has 0 saturated heterocycles. The predicted octanol–water partition coefficient (Wildman–Crippen LogP) is -1.99. The summed E-state index contributed by atoms with van der Waals surface area (Å²) in [6.07, 6.45) is -9.26. The predicted molar refractivity (Wildman–Crippen MR) is 414 cm³/mol. The third-order valence-corrected chi connectivity index (χ3v) is 22.1. The number of methoxy groups -OCH3 is 1. The van der Waals surface area contributed by atoms with Crippen LogP contribution in [0, 0.1) is 32.1 Å². The molecule has 0 bridgehead atoms. The van der Waals surface area contributed by atoms with Crippen LogP contribution in [0.2, 0.25) is 0 Å². The van der Waals surface area contributed by atoms with Gasteiger partial charge in [-0.25, -0.2) is 0 Å². The lowest BCUT2D eigenvalue weighted by Crippen LogP contribution is -2.45. The molecule has 0 heterocycles. The molecular weight excluding hydrogens is 2270 g/mol. The molecule has 0 radical (unpaired) electrons. The van der Waals surface area contributed by atoms with Crippen molar-refractivity contribution >= 4 is 274 Å². The molecule has 32 nitrogen and oxygen atoms in total. The van der Waals surface area contributed by atoms with Gasteiger partial charge in [0.1, 0.15) is 6.61 Å². The van der Waals surface area contributed by atoms with Crippen LogP contribution in [-0.2, 0) is 19.1 Å². The number of aliphatic hydroxyl groups excluding tert-OH is 13. The summed E-state index contributed by atoms with van der Waals surface area (Å²) in [5, 5.41) is 141. The maximum absolute atomic E-state index is 13.6. The van der Waals surface area contributed by atoms with Crippen molar-refractivity contribution in [3.05, 3.63) is 65.5 Å². The molecule has 0 aromatic heterocycles. The van der Waals surface area contributed by atoms with Gasteiger partial charge in [-0.2, -0.15) is 0 Å². The monoisotopic (exact) mass is 2340 g/mol. The third kappa shape index (κ3) is 25.2. The van der Waals surface area contributed by atoms with E-state index in [-0.39, 0.29) is 118 Å². The minimum absolute atomic E-state index is 0.0141. The standard InChI is InChI=1S/C35H44I6N6O15.C18H24I3N3O8/c1-13(52)46(30-26(38)20(32(59)42-3-15(54)9-48)24(36)21(27(30)39)33(60)43-4-16(55)10-49)7-19(58)8-47(14(2)53)31-28(40)22(34(61)44-5-17(56)11-50)25(37)23(29(31)41)35(62)45-6-18(57)12-51;1-24(4-9(28)6-26)18(31)12-13(19)11(17(30)22-3-8(27)5-25)14(20)16(15(12)21)23-10(29)7-32-2/h15-19,48-51,54-58H,3-12H2,1-2H3,(H,42,59)(H,43,60)(H,44,61)(H,45,62);8-9,25-28H,3-7H2,1-2H3,(H,22,30)(H,23,29). The van der Waals surface area contributed by atoms with Gasteiger partial charge in [0.2, 0.25) is 17.7 Å². The van der Waals surface area contributed by atoms with Crippen LogP contribution in [0.25, 0.3) is 0 Å². The number of nitrogens with zero attached hydrogens (tertiary/aromatic N) is 3. The van der Waals surface area contributed by atoms with E-state index < -0.39 is 149 Å². The molecule has 3 rings (SSSR count). The van der Waals surface area contributed by atoms with Crippen LogP contribution in [0.4, 0.5) is 17.1 Å². The zero-order chi connectivity index (χ0) is 71.9. The molecule has 19 N–H and O–H groups in total. The first-order valence-corrected chi connectivity index (χ1v) is 36.7. The maximum atomic E-state index is 13.6. The van der Waals surface area contributed by atoms with Crippen LogP contribution in [-0.4, -0.2) is 280 Å². The molecule has 0 fully saturated rings. The van der Waals surface area contributed by atoms with Gasteiger partial charge in [0.05, 0.1) is 167 Å². The number of ether oxygens (including phenoxy) is 1. The molecular formula is C53H68I9N9O23. The number of carbonyl (C=O) groups is 9. The molecule has 0 spiro atoms. The molecule has 0 aliphatic heterocycles.